The Kier molecular flexibility index (Phi) is 5.20. The third-order valence-electron chi connectivity index (χ3n) is 3.03. The van der Waals surface area contributed by atoms with Gasteiger partial charge in [-0.2, -0.15) is 0 Å². The molecule has 2 rings (SSSR count). The molecule has 6 heteroatoms. The Morgan fingerprint density at radius 3 is 2.71 bits per heavy atom. The Bertz CT molecular complexity index is 668. The fourth-order valence-electron chi connectivity index (χ4n) is 1.92. The van der Waals surface area contributed by atoms with Crippen molar-refractivity contribution in [2.75, 3.05) is 20.2 Å². The van der Waals surface area contributed by atoms with Gasteiger partial charge in [0.05, 0.1) is 18.1 Å². The number of rotatable bonds is 5. The average molecular weight is 326 g/mol. The number of thiophene rings is 1. The van der Waals surface area contributed by atoms with E-state index in [9.17, 15) is 9.59 Å². The van der Waals surface area contributed by atoms with Gasteiger partial charge in [-0.15, -0.1) is 11.3 Å². The predicted octanol–water partition coefficient (Wildman–Crippen LogP) is 3.58. The van der Waals surface area contributed by atoms with E-state index in [2.05, 4.69) is 0 Å². The molecule has 2 aromatic rings. The molecule has 0 spiro atoms. The number of hydrogen-bond donors (Lipinski definition) is 0. The van der Waals surface area contributed by atoms with Crippen LogP contribution >= 0.6 is 22.9 Å². The van der Waals surface area contributed by atoms with Gasteiger partial charge in [0.1, 0.15) is 4.88 Å². The molecule has 112 valence electrons. The van der Waals surface area contributed by atoms with Crippen molar-refractivity contribution in [1.29, 1.82) is 0 Å². The lowest BCUT2D eigenvalue weighted by Crippen LogP contribution is -2.29. The monoisotopic (exact) mass is 325 g/mol. The zero-order chi connectivity index (χ0) is 15.4. The maximum atomic E-state index is 12.4. The molecule has 4 nitrogen and oxygen atoms in total. The predicted molar refractivity (Wildman–Crippen MR) is 85.0 cm³/mol. The first-order valence-corrected chi connectivity index (χ1v) is 7.82. The molecular formula is C15H16ClNO3S. The molecule has 0 aliphatic carbocycles. The molecule has 1 aromatic carbocycles. The summed E-state index contributed by atoms with van der Waals surface area (Å²) in [5, 5.41) is 1.36. The van der Waals surface area contributed by atoms with Gasteiger partial charge in [-0.3, -0.25) is 9.59 Å². The Balaban J connectivity index is 2.11. The summed E-state index contributed by atoms with van der Waals surface area (Å²) in [5.74, 6) is -0.481. The van der Waals surface area contributed by atoms with Gasteiger partial charge in [0.25, 0.3) is 5.91 Å². The second-order valence-electron chi connectivity index (χ2n) is 4.52. The molecule has 0 aliphatic heterocycles. The van der Waals surface area contributed by atoms with Crippen LogP contribution < -0.4 is 0 Å². The van der Waals surface area contributed by atoms with Crippen molar-refractivity contribution in [2.24, 2.45) is 0 Å². The molecule has 21 heavy (non-hydrogen) atoms. The maximum Gasteiger partial charge on any atom is 0.307 e. The van der Waals surface area contributed by atoms with Crippen LogP contribution in [0.2, 0.25) is 5.02 Å². The number of carbonyl (C=O) groups is 2. The van der Waals surface area contributed by atoms with Crippen molar-refractivity contribution in [1.82, 2.24) is 4.90 Å². The van der Waals surface area contributed by atoms with E-state index >= 15 is 0 Å². The molecular weight excluding hydrogens is 310 g/mol. The highest BCUT2D eigenvalue weighted by Crippen LogP contribution is 2.35. The summed E-state index contributed by atoms with van der Waals surface area (Å²) in [6.07, 6.45) is 0.179. The number of carbonyl (C=O) groups excluding carboxylic acids is 2. The highest BCUT2D eigenvalue weighted by Gasteiger charge is 2.20. The summed E-state index contributed by atoms with van der Waals surface area (Å²) >= 11 is 7.65. The third-order valence-corrected chi connectivity index (χ3v) is 4.70. The summed E-state index contributed by atoms with van der Waals surface area (Å²) in [5.41, 5.74) is 0. The van der Waals surface area contributed by atoms with Gasteiger partial charge in [0, 0.05) is 23.7 Å². The molecule has 1 heterocycles. The highest BCUT2D eigenvalue weighted by atomic mass is 35.5. The number of halogens is 1. The van der Waals surface area contributed by atoms with Crippen molar-refractivity contribution >= 4 is 44.9 Å². The molecule has 0 bridgehead atoms. The van der Waals surface area contributed by atoms with E-state index in [-0.39, 0.29) is 18.3 Å². The van der Waals surface area contributed by atoms with Crippen molar-refractivity contribution < 1.29 is 14.3 Å². The number of fused-ring (bicyclic) bond motifs is 1. The van der Waals surface area contributed by atoms with Gasteiger partial charge in [-0.1, -0.05) is 29.8 Å². The number of hydrogen-bond acceptors (Lipinski definition) is 4. The van der Waals surface area contributed by atoms with E-state index in [0.29, 0.717) is 23.1 Å². The largest absolute Gasteiger partial charge is 0.466 e. The zero-order valence-corrected chi connectivity index (χ0v) is 13.5. The number of nitrogens with zero attached hydrogens (tertiary/aromatic N) is 1. The van der Waals surface area contributed by atoms with Gasteiger partial charge in [-0.05, 0) is 13.0 Å². The van der Waals surface area contributed by atoms with Crippen LogP contribution in [0.3, 0.4) is 0 Å². The molecule has 0 saturated carbocycles. The van der Waals surface area contributed by atoms with E-state index in [0.717, 1.165) is 10.1 Å². The SMILES string of the molecule is CCOC(=O)CCN(C)C(=O)c1sc2ccccc2c1Cl. The number of benzene rings is 1. The number of amides is 1. The minimum atomic E-state index is -0.306. The van der Waals surface area contributed by atoms with Gasteiger partial charge in [0.2, 0.25) is 0 Å². The average Bonchev–Trinajstić information content (AvgIpc) is 2.82. The van der Waals surface area contributed by atoms with Crippen LogP contribution in [-0.2, 0) is 9.53 Å². The maximum absolute atomic E-state index is 12.4. The number of esters is 1. The molecule has 0 radical (unpaired) electrons. The topological polar surface area (TPSA) is 46.6 Å². The summed E-state index contributed by atoms with van der Waals surface area (Å²) in [6, 6.07) is 7.62. The second kappa shape index (κ2) is 6.91. The van der Waals surface area contributed by atoms with Crippen LogP contribution in [0.4, 0.5) is 0 Å². The third kappa shape index (κ3) is 3.54. The fourth-order valence-corrected chi connectivity index (χ4v) is 3.43. The van der Waals surface area contributed by atoms with Gasteiger partial charge in [0.15, 0.2) is 0 Å². The standard InChI is InChI=1S/C15H16ClNO3S/c1-3-20-12(18)8-9-17(2)15(19)14-13(16)10-6-4-5-7-11(10)21-14/h4-7H,3,8-9H2,1-2H3. The summed E-state index contributed by atoms with van der Waals surface area (Å²) in [7, 11) is 1.66. The molecule has 0 aliphatic rings. The lowest BCUT2D eigenvalue weighted by molar-refractivity contribution is -0.143. The second-order valence-corrected chi connectivity index (χ2v) is 5.95. The normalized spacial score (nSPS) is 10.6. The molecule has 0 saturated heterocycles. The molecule has 1 amide bonds. The van der Waals surface area contributed by atoms with Crippen molar-refractivity contribution in [3.8, 4) is 0 Å². The lowest BCUT2D eigenvalue weighted by Gasteiger charge is -2.15. The van der Waals surface area contributed by atoms with Crippen LogP contribution in [0.15, 0.2) is 24.3 Å². The summed E-state index contributed by atoms with van der Waals surface area (Å²) in [6.45, 7) is 2.41. The highest BCUT2D eigenvalue weighted by molar-refractivity contribution is 7.21. The lowest BCUT2D eigenvalue weighted by atomic mass is 10.2. The summed E-state index contributed by atoms with van der Waals surface area (Å²) in [4.78, 5) is 25.7. The van der Waals surface area contributed by atoms with E-state index in [1.807, 2.05) is 24.3 Å². The Hall–Kier alpha value is -1.59. The zero-order valence-electron chi connectivity index (χ0n) is 11.9. The van der Waals surface area contributed by atoms with E-state index in [1.165, 1.54) is 16.2 Å². The van der Waals surface area contributed by atoms with Crippen molar-refractivity contribution in [2.45, 2.75) is 13.3 Å². The van der Waals surface area contributed by atoms with Crippen LogP contribution in [0.5, 0.6) is 0 Å². The molecule has 0 unspecified atom stereocenters. The molecule has 0 atom stereocenters. The Labute approximate surface area is 132 Å². The van der Waals surface area contributed by atoms with E-state index in [4.69, 9.17) is 16.3 Å². The van der Waals surface area contributed by atoms with Crippen molar-refractivity contribution in [3.05, 3.63) is 34.2 Å². The number of ether oxygens (including phenoxy) is 1. The fraction of sp³-hybridized carbons (Fsp3) is 0.333. The smallest absolute Gasteiger partial charge is 0.307 e. The first-order valence-electron chi connectivity index (χ1n) is 6.62. The van der Waals surface area contributed by atoms with Crippen LogP contribution in [-0.4, -0.2) is 37.0 Å². The first-order chi connectivity index (χ1) is 10.0. The van der Waals surface area contributed by atoms with Crippen LogP contribution in [0, 0.1) is 0 Å². The van der Waals surface area contributed by atoms with Gasteiger partial charge < -0.3 is 9.64 Å². The van der Waals surface area contributed by atoms with E-state index in [1.54, 1.807) is 14.0 Å². The van der Waals surface area contributed by atoms with Gasteiger partial charge in [-0.25, -0.2) is 0 Å². The van der Waals surface area contributed by atoms with Gasteiger partial charge >= 0.3 is 5.97 Å². The van der Waals surface area contributed by atoms with Crippen LogP contribution in [0.1, 0.15) is 23.0 Å². The minimum absolute atomic E-state index is 0.175. The Morgan fingerprint density at radius 1 is 1.33 bits per heavy atom. The van der Waals surface area contributed by atoms with E-state index < -0.39 is 0 Å². The molecule has 0 N–H and O–H groups in total. The summed E-state index contributed by atoms with van der Waals surface area (Å²) < 4.78 is 5.83. The van der Waals surface area contributed by atoms with Crippen molar-refractivity contribution in [3.63, 3.8) is 0 Å². The molecule has 1 aromatic heterocycles. The quantitative estimate of drug-likeness (QED) is 0.789. The van der Waals surface area contributed by atoms with Crippen LogP contribution in [0.25, 0.3) is 10.1 Å². The first kappa shape index (κ1) is 15.8. The minimum Gasteiger partial charge on any atom is -0.466 e. The Morgan fingerprint density at radius 2 is 2.05 bits per heavy atom. The molecule has 0 fully saturated rings.